The molecule has 0 fully saturated rings. The molecule has 1 rings (SSSR count). The predicted molar refractivity (Wildman–Crippen MR) is 72.3 cm³/mol. The van der Waals surface area contributed by atoms with E-state index < -0.39 is 0 Å². The largest absolute Gasteiger partial charge is 0.376 e. The van der Waals surface area contributed by atoms with Crippen molar-refractivity contribution in [3.8, 4) is 0 Å². The maximum atomic E-state index is 11.3. The van der Waals surface area contributed by atoms with Crippen molar-refractivity contribution in [3.63, 3.8) is 0 Å². The quantitative estimate of drug-likeness (QED) is 0.840. The van der Waals surface area contributed by atoms with Crippen LogP contribution in [0.3, 0.4) is 0 Å². The summed E-state index contributed by atoms with van der Waals surface area (Å²) in [6.45, 7) is 9.46. The topological polar surface area (TPSA) is 41.1 Å². The van der Waals surface area contributed by atoms with Gasteiger partial charge in [-0.3, -0.25) is 4.79 Å². The maximum Gasteiger partial charge on any atom is 0.239 e. The highest BCUT2D eigenvalue weighted by molar-refractivity contribution is 5.80. The van der Waals surface area contributed by atoms with Crippen LogP contribution >= 0.6 is 0 Å². The third-order valence-corrected chi connectivity index (χ3v) is 2.58. The molecule has 2 N–H and O–H groups in total. The van der Waals surface area contributed by atoms with E-state index in [0.29, 0.717) is 13.1 Å². The Hall–Kier alpha value is -1.51. The monoisotopic (exact) mass is 234 g/mol. The minimum atomic E-state index is 0.0207. The van der Waals surface area contributed by atoms with Gasteiger partial charge in [-0.1, -0.05) is 32.9 Å². The molecule has 1 amide bonds. The van der Waals surface area contributed by atoms with Crippen LogP contribution in [0.4, 0.5) is 5.69 Å². The summed E-state index contributed by atoms with van der Waals surface area (Å²) >= 11 is 0. The molecule has 0 heterocycles. The van der Waals surface area contributed by atoms with Crippen LogP contribution in [0.15, 0.2) is 24.3 Å². The number of rotatable bonds is 4. The number of nitrogens with one attached hydrogen (secondary N) is 2. The second kappa shape index (κ2) is 5.71. The van der Waals surface area contributed by atoms with Gasteiger partial charge < -0.3 is 10.6 Å². The van der Waals surface area contributed by atoms with Crippen molar-refractivity contribution >= 4 is 11.6 Å². The average Bonchev–Trinajstić information content (AvgIpc) is 2.26. The summed E-state index contributed by atoms with van der Waals surface area (Å²) in [5.74, 6) is 0.0207. The van der Waals surface area contributed by atoms with Crippen molar-refractivity contribution in [2.24, 2.45) is 0 Å². The van der Waals surface area contributed by atoms with Crippen LogP contribution in [-0.2, 0) is 10.2 Å². The van der Waals surface area contributed by atoms with Gasteiger partial charge in [0.25, 0.3) is 0 Å². The normalized spacial score (nSPS) is 11.1. The lowest BCUT2D eigenvalue weighted by molar-refractivity contribution is -0.119. The van der Waals surface area contributed by atoms with Gasteiger partial charge in [0.1, 0.15) is 0 Å². The number of likely N-dealkylation sites (N-methyl/N-ethyl adjacent to an activating group) is 1. The third-order valence-electron chi connectivity index (χ3n) is 2.58. The Morgan fingerprint density at radius 1 is 1.18 bits per heavy atom. The molecule has 3 heteroatoms. The van der Waals surface area contributed by atoms with Crippen molar-refractivity contribution in [2.75, 3.05) is 18.4 Å². The fourth-order valence-corrected chi connectivity index (χ4v) is 1.53. The van der Waals surface area contributed by atoms with Crippen molar-refractivity contribution in [1.82, 2.24) is 5.32 Å². The molecule has 0 aliphatic rings. The van der Waals surface area contributed by atoms with Crippen molar-refractivity contribution in [2.45, 2.75) is 33.1 Å². The van der Waals surface area contributed by atoms with Gasteiger partial charge in [0.2, 0.25) is 5.91 Å². The van der Waals surface area contributed by atoms with Crippen LogP contribution in [0.25, 0.3) is 0 Å². The fraction of sp³-hybridized carbons (Fsp3) is 0.500. The number of carbonyl (C=O) groups is 1. The number of anilines is 1. The van der Waals surface area contributed by atoms with Gasteiger partial charge in [-0.2, -0.15) is 0 Å². The molecule has 94 valence electrons. The Morgan fingerprint density at radius 3 is 2.24 bits per heavy atom. The Morgan fingerprint density at radius 2 is 1.76 bits per heavy atom. The molecule has 0 aliphatic heterocycles. The molecule has 17 heavy (non-hydrogen) atoms. The van der Waals surface area contributed by atoms with Crippen LogP contribution in [-0.4, -0.2) is 19.0 Å². The molecular weight excluding hydrogens is 212 g/mol. The molecule has 1 aromatic carbocycles. The van der Waals surface area contributed by atoms with Crippen LogP contribution in [0, 0.1) is 0 Å². The summed E-state index contributed by atoms with van der Waals surface area (Å²) in [6, 6.07) is 8.22. The molecule has 0 spiro atoms. The standard InChI is InChI=1S/C14H22N2O/c1-5-15-13(17)10-16-12-8-6-11(7-9-12)14(2,3)4/h6-9,16H,5,10H2,1-4H3,(H,15,17). The minimum absolute atomic E-state index is 0.0207. The summed E-state index contributed by atoms with van der Waals surface area (Å²) in [6.07, 6.45) is 0. The second-order valence-corrected chi connectivity index (χ2v) is 5.13. The van der Waals surface area contributed by atoms with Gasteiger partial charge in [-0.25, -0.2) is 0 Å². The molecule has 0 bridgehead atoms. The van der Waals surface area contributed by atoms with E-state index in [1.54, 1.807) is 0 Å². The first-order valence-electron chi connectivity index (χ1n) is 6.04. The number of benzene rings is 1. The summed E-state index contributed by atoms with van der Waals surface area (Å²) in [5, 5.41) is 5.85. The molecule has 0 aromatic heterocycles. The molecule has 0 atom stereocenters. The van der Waals surface area contributed by atoms with E-state index >= 15 is 0 Å². The maximum absolute atomic E-state index is 11.3. The Labute approximate surface area is 104 Å². The molecular formula is C14H22N2O. The van der Waals surface area contributed by atoms with Gasteiger partial charge >= 0.3 is 0 Å². The lowest BCUT2D eigenvalue weighted by Gasteiger charge is -2.19. The SMILES string of the molecule is CCNC(=O)CNc1ccc(C(C)(C)C)cc1. The first-order valence-corrected chi connectivity index (χ1v) is 6.04. The van der Waals surface area contributed by atoms with E-state index in [2.05, 4.69) is 43.5 Å². The summed E-state index contributed by atoms with van der Waals surface area (Å²) in [7, 11) is 0. The zero-order valence-electron chi connectivity index (χ0n) is 11.1. The summed E-state index contributed by atoms with van der Waals surface area (Å²) in [5.41, 5.74) is 2.43. The fourth-order valence-electron chi connectivity index (χ4n) is 1.53. The molecule has 3 nitrogen and oxygen atoms in total. The van der Waals surface area contributed by atoms with Crippen molar-refractivity contribution in [1.29, 1.82) is 0 Å². The van der Waals surface area contributed by atoms with E-state index in [-0.39, 0.29) is 11.3 Å². The van der Waals surface area contributed by atoms with E-state index in [1.165, 1.54) is 5.56 Å². The Balaban J connectivity index is 2.54. The molecule has 0 unspecified atom stereocenters. The Kier molecular flexibility index (Phi) is 4.55. The van der Waals surface area contributed by atoms with Crippen LogP contribution in [0.2, 0.25) is 0 Å². The van der Waals surface area contributed by atoms with Crippen molar-refractivity contribution < 1.29 is 4.79 Å². The Bertz CT molecular complexity index is 363. The van der Waals surface area contributed by atoms with Crippen molar-refractivity contribution in [3.05, 3.63) is 29.8 Å². The van der Waals surface area contributed by atoms with Gasteiger partial charge in [-0.15, -0.1) is 0 Å². The molecule has 0 saturated carbocycles. The molecule has 0 saturated heterocycles. The van der Waals surface area contributed by atoms with Gasteiger partial charge in [0.15, 0.2) is 0 Å². The van der Waals surface area contributed by atoms with E-state index in [4.69, 9.17) is 0 Å². The highest BCUT2D eigenvalue weighted by atomic mass is 16.1. The average molecular weight is 234 g/mol. The molecule has 1 aromatic rings. The van der Waals surface area contributed by atoms with Crippen LogP contribution < -0.4 is 10.6 Å². The number of hydrogen-bond acceptors (Lipinski definition) is 2. The summed E-state index contributed by atoms with van der Waals surface area (Å²) < 4.78 is 0. The number of amides is 1. The predicted octanol–water partition coefficient (Wildman–Crippen LogP) is 2.53. The van der Waals surface area contributed by atoms with Crippen LogP contribution in [0.1, 0.15) is 33.3 Å². The second-order valence-electron chi connectivity index (χ2n) is 5.13. The minimum Gasteiger partial charge on any atom is -0.376 e. The summed E-state index contributed by atoms with van der Waals surface area (Å²) in [4.78, 5) is 11.3. The van der Waals surface area contributed by atoms with Crippen LogP contribution in [0.5, 0.6) is 0 Å². The van der Waals surface area contributed by atoms with E-state index in [1.807, 2.05) is 19.1 Å². The van der Waals surface area contributed by atoms with Gasteiger partial charge in [-0.05, 0) is 30.0 Å². The van der Waals surface area contributed by atoms with Gasteiger partial charge in [0, 0.05) is 12.2 Å². The number of carbonyl (C=O) groups excluding carboxylic acids is 1. The third kappa shape index (κ3) is 4.47. The highest BCUT2D eigenvalue weighted by Gasteiger charge is 2.12. The molecule has 0 radical (unpaired) electrons. The lowest BCUT2D eigenvalue weighted by atomic mass is 9.87. The van der Waals surface area contributed by atoms with E-state index in [9.17, 15) is 4.79 Å². The highest BCUT2D eigenvalue weighted by Crippen LogP contribution is 2.23. The lowest BCUT2D eigenvalue weighted by Crippen LogP contribution is -2.29. The zero-order chi connectivity index (χ0) is 12.9. The smallest absolute Gasteiger partial charge is 0.239 e. The first-order chi connectivity index (χ1) is 7.93. The molecule has 0 aliphatic carbocycles. The zero-order valence-corrected chi connectivity index (χ0v) is 11.1. The first kappa shape index (κ1) is 13.6. The van der Waals surface area contributed by atoms with Gasteiger partial charge in [0.05, 0.1) is 6.54 Å². The number of hydrogen-bond donors (Lipinski definition) is 2. The van der Waals surface area contributed by atoms with E-state index in [0.717, 1.165) is 5.69 Å².